The van der Waals surface area contributed by atoms with Gasteiger partial charge < -0.3 is 24.3 Å². The molecule has 0 aliphatic heterocycles. The largest absolute Gasteiger partial charge is 0.493 e. The Labute approximate surface area is 166 Å². The van der Waals surface area contributed by atoms with Crippen LogP contribution in [0.5, 0.6) is 23.0 Å². The molecule has 0 aliphatic carbocycles. The van der Waals surface area contributed by atoms with E-state index in [1.807, 2.05) is 45.9 Å². The van der Waals surface area contributed by atoms with Crippen molar-refractivity contribution in [3.05, 3.63) is 47.5 Å². The van der Waals surface area contributed by atoms with Crippen molar-refractivity contribution in [2.24, 2.45) is 0 Å². The fourth-order valence-corrected chi connectivity index (χ4v) is 2.65. The van der Waals surface area contributed by atoms with E-state index in [1.54, 1.807) is 25.3 Å². The molecule has 2 aromatic rings. The third-order valence-electron chi connectivity index (χ3n) is 3.85. The molecule has 2 aromatic carbocycles. The molecule has 6 nitrogen and oxygen atoms in total. The Balaban J connectivity index is 2.08. The maximum Gasteiger partial charge on any atom is 0.251 e. The van der Waals surface area contributed by atoms with E-state index >= 15 is 0 Å². The zero-order valence-corrected chi connectivity index (χ0v) is 17.2. The van der Waals surface area contributed by atoms with Gasteiger partial charge in [-0.2, -0.15) is 0 Å². The third-order valence-corrected chi connectivity index (χ3v) is 3.85. The Bertz CT molecular complexity index is 788. The summed E-state index contributed by atoms with van der Waals surface area (Å²) in [6.45, 7) is 9.11. The van der Waals surface area contributed by atoms with Crippen LogP contribution in [0.3, 0.4) is 0 Å². The summed E-state index contributed by atoms with van der Waals surface area (Å²) >= 11 is 0. The Morgan fingerprint density at radius 2 is 1.61 bits per heavy atom. The van der Waals surface area contributed by atoms with Crippen molar-refractivity contribution in [1.82, 2.24) is 5.32 Å². The molecule has 0 radical (unpaired) electrons. The van der Waals surface area contributed by atoms with Gasteiger partial charge in [0, 0.05) is 12.1 Å². The van der Waals surface area contributed by atoms with Gasteiger partial charge in [0.15, 0.2) is 23.0 Å². The minimum absolute atomic E-state index is 0.0543. The second-order valence-electron chi connectivity index (χ2n) is 6.36. The molecular weight excluding hydrogens is 358 g/mol. The number of carbonyl (C=O) groups excluding carboxylic acids is 1. The highest BCUT2D eigenvalue weighted by Crippen LogP contribution is 2.30. The van der Waals surface area contributed by atoms with Gasteiger partial charge in [0.2, 0.25) is 0 Å². The number of hydrogen-bond donors (Lipinski definition) is 1. The first-order valence-electron chi connectivity index (χ1n) is 9.49. The van der Waals surface area contributed by atoms with E-state index in [2.05, 4.69) is 5.32 Å². The maximum atomic E-state index is 12.5. The van der Waals surface area contributed by atoms with Crippen molar-refractivity contribution < 1.29 is 23.7 Å². The quantitative estimate of drug-likeness (QED) is 0.661. The van der Waals surface area contributed by atoms with E-state index in [4.69, 9.17) is 18.9 Å². The molecule has 6 heteroatoms. The van der Waals surface area contributed by atoms with Gasteiger partial charge in [-0.15, -0.1) is 0 Å². The average molecular weight is 387 g/mol. The lowest BCUT2D eigenvalue weighted by Gasteiger charge is -2.15. The van der Waals surface area contributed by atoms with E-state index in [1.165, 1.54) is 0 Å². The molecule has 28 heavy (non-hydrogen) atoms. The van der Waals surface area contributed by atoms with Crippen molar-refractivity contribution >= 4 is 5.91 Å². The molecule has 0 atom stereocenters. The summed E-state index contributed by atoms with van der Waals surface area (Å²) in [6.07, 6.45) is 0.0543. The van der Waals surface area contributed by atoms with Crippen LogP contribution in [0.1, 0.15) is 43.6 Å². The summed E-state index contributed by atoms with van der Waals surface area (Å²) in [6, 6.07) is 10.8. The number of rotatable bonds is 10. The van der Waals surface area contributed by atoms with Gasteiger partial charge in [-0.3, -0.25) is 4.79 Å². The second-order valence-corrected chi connectivity index (χ2v) is 6.36. The van der Waals surface area contributed by atoms with Gasteiger partial charge in [-0.05, 0) is 63.6 Å². The average Bonchev–Trinajstić information content (AvgIpc) is 2.68. The Morgan fingerprint density at radius 3 is 2.25 bits per heavy atom. The molecule has 0 fully saturated rings. The van der Waals surface area contributed by atoms with Crippen LogP contribution in [0.15, 0.2) is 36.4 Å². The first-order valence-corrected chi connectivity index (χ1v) is 9.49. The van der Waals surface area contributed by atoms with Crippen molar-refractivity contribution in [2.75, 3.05) is 20.3 Å². The monoisotopic (exact) mass is 387 g/mol. The predicted molar refractivity (Wildman–Crippen MR) is 109 cm³/mol. The summed E-state index contributed by atoms with van der Waals surface area (Å²) in [7, 11) is 1.60. The number of nitrogens with one attached hydrogen (secondary N) is 1. The summed E-state index contributed by atoms with van der Waals surface area (Å²) in [4.78, 5) is 12.5. The number of amides is 1. The molecule has 152 valence electrons. The Morgan fingerprint density at radius 1 is 0.929 bits per heavy atom. The highest BCUT2D eigenvalue weighted by Gasteiger charge is 2.12. The lowest BCUT2D eigenvalue weighted by molar-refractivity contribution is 0.0950. The van der Waals surface area contributed by atoms with Crippen LogP contribution in [0.4, 0.5) is 0 Å². The standard InChI is InChI=1S/C22H29NO5/c1-6-26-18-11-9-17(13-21(18)27-7-2)22(24)23-14-16-8-10-19(28-15(3)4)20(12-16)25-5/h8-13,15H,6-7,14H2,1-5H3,(H,23,24). The van der Waals surface area contributed by atoms with Crippen LogP contribution in [-0.4, -0.2) is 32.3 Å². The smallest absolute Gasteiger partial charge is 0.251 e. The van der Waals surface area contributed by atoms with E-state index in [9.17, 15) is 4.79 Å². The number of methoxy groups -OCH3 is 1. The summed E-state index contributed by atoms with van der Waals surface area (Å²) < 4.78 is 22.2. The zero-order chi connectivity index (χ0) is 20.5. The lowest BCUT2D eigenvalue weighted by atomic mass is 10.1. The van der Waals surface area contributed by atoms with Gasteiger partial charge in [-0.1, -0.05) is 6.07 Å². The number of benzene rings is 2. The first kappa shape index (κ1) is 21.4. The SMILES string of the molecule is CCOc1ccc(C(=O)NCc2ccc(OC(C)C)c(OC)c2)cc1OCC. The van der Waals surface area contributed by atoms with Crippen molar-refractivity contribution in [3.63, 3.8) is 0 Å². The van der Waals surface area contributed by atoms with Crippen LogP contribution >= 0.6 is 0 Å². The van der Waals surface area contributed by atoms with Crippen molar-refractivity contribution in [1.29, 1.82) is 0 Å². The van der Waals surface area contributed by atoms with Gasteiger partial charge in [0.05, 0.1) is 26.4 Å². The number of hydrogen-bond acceptors (Lipinski definition) is 5. The predicted octanol–water partition coefficient (Wildman–Crippen LogP) is 4.21. The van der Waals surface area contributed by atoms with Crippen LogP contribution in [0, 0.1) is 0 Å². The Hall–Kier alpha value is -2.89. The zero-order valence-electron chi connectivity index (χ0n) is 17.2. The number of carbonyl (C=O) groups is 1. The van der Waals surface area contributed by atoms with Gasteiger partial charge >= 0.3 is 0 Å². The molecular formula is C22H29NO5. The molecule has 0 spiro atoms. The molecule has 0 bridgehead atoms. The van der Waals surface area contributed by atoms with Gasteiger partial charge in [0.25, 0.3) is 5.91 Å². The van der Waals surface area contributed by atoms with Crippen LogP contribution in [-0.2, 0) is 6.54 Å². The molecule has 0 saturated heterocycles. The van der Waals surface area contributed by atoms with Crippen molar-refractivity contribution in [3.8, 4) is 23.0 Å². The van der Waals surface area contributed by atoms with Crippen LogP contribution in [0.2, 0.25) is 0 Å². The highest BCUT2D eigenvalue weighted by atomic mass is 16.5. The fraction of sp³-hybridized carbons (Fsp3) is 0.409. The molecule has 0 heterocycles. The molecule has 0 saturated carbocycles. The van der Waals surface area contributed by atoms with Crippen LogP contribution in [0.25, 0.3) is 0 Å². The molecule has 0 aliphatic rings. The highest BCUT2D eigenvalue weighted by molar-refractivity contribution is 5.94. The third kappa shape index (κ3) is 5.81. The molecule has 0 aromatic heterocycles. The lowest BCUT2D eigenvalue weighted by Crippen LogP contribution is -2.23. The minimum Gasteiger partial charge on any atom is -0.493 e. The van der Waals surface area contributed by atoms with Gasteiger partial charge in [0.1, 0.15) is 0 Å². The minimum atomic E-state index is -0.189. The van der Waals surface area contributed by atoms with E-state index < -0.39 is 0 Å². The maximum absolute atomic E-state index is 12.5. The van der Waals surface area contributed by atoms with E-state index in [0.717, 1.165) is 5.56 Å². The van der Waals surface area contributed by atoms with E-state index in [0.29, 0.717) is 48.3 Å². The summed E-state index contributed by atoms with van der Waals surface area (Å²) in [5.74, 6) is 2.33. The Kier molecular flexibility index (Phi) is 7.99. The van der Waals surface area contributed by atoms with Gasteiger partial charge in [-0.25, -0.2) is 0 Å². The normalized spacial score (nSPS) is 10.5. The molecule has 0 unspecified atom stereocenters. The molecule has 2 rings (SSSR count). The fourth-order valence-electron chi connectivity index (χ4n) is 2.65. The first-order chi connectivity index (χ1) is 13.5. The number of ether oxygens (including phenoxy) is 4. The topological polar surface area (TPSA) is 66.0 Å². The molecule has 1 amide bonds. The second kappa shape index (κ2) is 10.4. The summed E-state index contributed by atoms with van der Waals surface area (Å²) in [5, 5.41) is 2.92. The molecule has 1 N–H and O–H groups in total. The van der Waals surface area contributed by atoms with E-state index in [-0.39, 0.29) is 12.0 Å². The van der Waals surface area contributed by atoms with Crippen LogP contribution < -0.4 is 24.3 Å². The summed E-state index contributed by atoms with van der Waals surface area (Å²) in [5.41, 5.74) is 1.43. The van der Waals surface area contributed by atoms with Crippen molar-refractivity contribution in [2.45, 2.75) is 40.3 Å².